The Bertz CT molecular complexity index is 580. The SMILES string of the molecule is CN=C(NCc1cc(Br)ccc1F)NCC(C)(C)N1CCOCC1.I. The third-order valence-corrected chi connectivity index (χ3v) is 4.73. The normalized spacial score (nSPS) is 16.3. The summed E-state index contributed by atoms with van der Waals surface area (Å²) in [5, 5.41) is 6.50. The van der Waals surface area contributed by atoms with Crippen molar-refractivity contribution in [3.63, 3.8) is 0 Å². The van der Waals surface area contributed by atoms with Gasteiger partial charge in [0.2, 0.25) is 0 Å². The molecule has 0 saturated carbocycles. The van der Waals surface area contributed by atoms with E-state index in [4.69, 9.17) is 4.74 Å². The number of halogens is 3. The number of nitrogens with one attached hydrogen (secondary N) is 2. The van der Waals surface area contributed by atoms with Crippen molar-refractivity contribution >= 4 is 45.9 Å². The zero-order valence-corrected chi connectivity index (χ0v) is 18.9. The monoisotopic (exact) mass is 528 g/mol. The van der Waals surface area contributed by atoms with Gasteiger partial charge in [0.1, 0.15) is 5.82 Å². The fraction of sp³-hybridized carbons (Fsp3) is 0.588. The van der Waals surface area contributed by atoms with E-state index in [1.165, 1.54) is 6.07 Å². The van der Waals surface area contributed by atoms with Crippen molar-refractivity contribution in [3.8, 4) is 0 Å². The van der Waals surface area contributed by atoms with Crippen LogP contribution in [0.5, 0.6) is 0 Å². The van der Waals surface area contributed by atoms with E-state index in [1.54, 1.807) is 19.2 Å². The molecular weight excluding hydrogens is 502 g/mol. The Kier molecular flexibility index (Phi) is 9.61. The Balaban J connectivity index is 0.00000312. The Morgan fingerprint density at radius 3 is 2.64 bits per heavy atom. The van der Waals surface area contributed by atoms with Gasteiger partial charge in [0.15, 0.2) is 5.96 Å². The smallest absolute Gasteiger partial charge is 0.191 e. The van der Waals surface area contributed by atoms with E-state index < -0.39 is 0 Å². The maximum Gasteiger partial charge on any atom is 0.191 e. The highest BCUT2D eigenvalue weighted by atomic mass is 127. The van der Waals surface area contributed by atoms with Gasteiger partial charge in [0, 0.05) is 48.8 Å². The highest BCUT2D eigenvalue weighted by Crippen LogP contribution is 2.16. The quantitative estimate of drug-likeness (QED) is 0.350. The second kappa shape index (κ2) is 10.6. The predicted octanol–water partition coefficient (Wildman–Crippen LogP) is 2.98. The van der Waals surface area contributed by atoms with Crippen LogP contribution in [0.15, 0.2) is 27.7 Å². The summed E-state index contributed by atoms with van der Waals surface area (Å²) in [6.07, 6.45) is 0. The molecule has 142 valence electrons. The number of benzene rings is 1. The predicted molar refractivity (Wildman–Crippen MR) is 114 cm³/mol. The molecule has 1 aliphatic heterocycles. The van der Waals surface area contributed by atoms with E-state index >= 15 is 0 Å². The lowest BCUT2D eigenvalue weighted by Crippen LogP contribution is -2.56. The lowest BCUT2D eigenvalue weighted by Gasteiger charge is -2.41. The fourth-order valence-corrected chi connectivity index (χ4v) is 3.07. The number of ether oxygens (including phenoxy) is 1. The summed E-state index contributed by atoms with van der Waals surface area (Å²) in [6.45, 7) is 8.95. The minimum absolute atomic E-state index is 0. The molecule has 0 aliphatic carbocycles. The Hall–Kier alpha value is -0.450. The van der Waals surface area contributed by atoms with Crippen LogP contribution in [0.1, 0.15) is 19.4 Å². The standard InChI is InChI=1S/C17H26BrFN4O.HI/c1-17(2,23-6-8-24-9-7-23)12-22-16(20-3)21-11-13-10-14(18)4-5-15(13)19;/h4-5,10H,6-9,11-12H2,1-3H3,(H2,20,21,22);1H. The number of hydrogen-bond acceptors (Lipinski definition) is 3. The Morgan fingerprint density at radius 1 is 1.32 bits per heavy atom. The molecule has 0 radical (unpaired) electrons. The van der Waals surface area contributed by atoms with Crippen LogP contribution in [0, 0.1) is 5.82 Å². The molecule has 1 aromatic rings. The molecule has 5 nitrogen and oxygen atoms in total. The lowest BCUT2D eigenvalue weighted by molar-refractivity contribution is -0.00834. The zero-order chi connectivity index (χ0) is 17.6. The van der Waals surface area contributed by atoms with Crippen molar-refractivity contribution in [3.05, 3.63) is 34.1 Å². The molecule has 1 aliphatic rings. The van der Waals surface area contributed by atoms with Crippen molar-refractivity contribution < 1.29 is 9.13 Å². The summed E-state index contributed by atoms with van der Waals surface area (Å²) in [5.74, 6) is 0.436. The summed E-state index contributed by atoms with van der Waals surface area (Å²) in [6, 6.07) is 4.92. The molecule has 1 heterocycles. The number of rotatable bonds is 5. The largest absolute Gasteiger partial charge is 0.379 e. The van der Waals surface area contributed by atoms with Crippen LogP contribution >= 0.6 is 39.9 Å². The van der Waals surface area contributed by atoms with Crippen molar-refractivity contribution in [1.82, 2.24) is 15.5 Å². The van der Waals surface area contributed by atoms with E-state index in [0.29, 0.717) is 18.1 Å². The minimum atomic E-state index is -0.227. The third-order valence-electron chi connectivity index (χ3n) is 4.23. The number of aliphatic imine (C=N–C) groups is 1. The molecule has 2 rings (SSSR count). The van der Waals surface area contributed by atoms with Gasteiger partial charge in [-0.3, -0.25) is 9.89 Å². The molecule has 0 spiro atoms. The molecule has 0 unspecified atom stereocenters. The second-order valence-electron chi connectivity index (χ2n) is 6.43. The van der Waals surface area contributed by atoms with E-state index in [0.717, 1.165) is 37.3 Å². The molecule has 2 N–H and O–H groups in total. The number of morpholine rings is 1. The first kappa shape index (κ1) is 22.6. The van der Waals surface area contributed by atoms with Crippen LogP contribution in [0.4, 0.5) is 4.39 Å². The highest BCUT2D eigenvalue weighted by molar-refractivity contribution is 14.0. The van der Waals surface area contributed by atoms with E-state index in [9.17, 15) is 4.39 Å². The van der Waals surface area contributed by atoms with Gasteiger partial charge in [0.05, 0.1) is 13.2 Å². The molecular formula is C17H27BrFIN4O. The average molecular weight is 529 g/mol. The van der Waals surface area contributed by atoms with Gasteiger partial charge < -0.3 is 15.4 Å². The summed E-state index contributed by atoms with van der Waals surface area (Å²) in [5.41, 5.74) is 0.586. The first-order valence-electron chi connectivity index (χ1n) is 8.13. The van der Waals surface area contributed by atoms with Gasteiger partial charge in [-0.25, -0.2) is 4.39 Å². The minimum Gasteiger partial charge on any atom is -0.379 e. The molecule has 25 heavy (non-hydrogen) atoms. The van der Waals surface area contributed by atoms with Gasteiger partial charge in [0.25, 0.3) is 0 Å². The maximum atomic E-state index is 13.8. The van der Waals surface area contributed by atoms with Crippen LogP contribution in [0.3, 0.4) is 0 Å². The lowest BCUT2D eigenvalue weighted by atomic mass is 10.0. The number of hydrogen-bond donors (Lipinski definition) is 2. The van der Waals surface area contributed by atoms with Gasteiger partial charge in [-0.15, -0.1) is 24.0 Å². The van der Waals surface area contributed by atoms with Crippen LogP contribution in [-0.2, 0) is 11.3 Å². The van der Waals surface area contributed by atoms with Crippen molar-refractivity contribution in [2.45, 2.75) is 25.9 Å². The number of guanidine groups is 1. The van der Waals surface area contributed by atoms with E-state index in [1.807, 2.05) is 0 Å². The summed E-state index contributed by atoms with van der Waals surface area (Å²) >= 11 is 3.37. The molecule has 0 aromatic heterocycles. The van der Waals surface area contributed by atoms with Gasteiger partial charge >= 0.3 is 0 Å². The summed E-state index contributed by atoms with van der Waals surface area (Å²) in [7, 11) is 1.72. The van der Waals surface area contributed by atoms with Crippen molar-refractivity contribution in [2.75, 3.05) is 39.9 Å². The van der Waals surface area contributed by atoms with Gasteiger partial charge in [-0.05, 0) is 32.0 Å². The average Bonchev–Trinajstić information content (AvgIpc) is 2.58. The first-order valence-corrected chi connectivity index (χ1v) is 8.93. The molecule has 0 atom stereocenters. The topological polar surface area (TPSA) is 48.9 Å². The summed E-state index contributed by atoms with van der Waals surface area (Å²) in [4.78, 5) is 6.63. The Labute approximate surface area is 174 Å². The molecule has 0 amide bonds. The van der Waals surface area contributed by atoms with Crippen molar-refractivity contribution in [2.24, 2.45) is 4.99 Å². The van der Waals surface area contributed by atoms with Gasteiger partial charge in [-0.2, -0.15) is 0 Å². The molecule has 0 bridgehead atoms. The molecule has 1 saturated heterocycles. The third kappa shape index (κ3) is 6.99. The zero-order valence-electron chi connectivity index (χ0n) is 14.9. The maximum absolute atomic E-state index is 13.8. The van der Waals surface area contributed by atoms with Crippen LogP contribution < -0.4 is 10.6 Å². The molecule has 1 fully saturated rings. The second-order valence-corrected chi connectivity index (χ2v) is 7.34. The van der Waals surface area contributed by atoms with Crippen molar-refractivity contribution in [1.29, 1.82) is 0 Å². The van der Waals surface area contributed by atoms with Gasteiger partial charge in [-0.1, -0.05) is 15.9 Å². The Morgan fingerprint density at radius 2 is 2.00 bits per heavy atom. The molecule has 1 aromatic carbocycles. The van der Waals surface area contributed by atoms with E-state index in [2.05, 4.69) is 50.3 Å². The van der Waals surface area contributed by atoms with E-state index in [-0.39, 0.29) is 35.3 Å². The van der Waals surface area contributed by atoms with Crippen LogP contribution in [0.2, 0.25) is 0 Å². The highest BCUT2D eigenvalue weighted by Gasteiger charge is 2.28. The molecule has 8 heteroatoms. The first-order chi connectivity index (χ1) is 11.4. The summed E-state index contributed by atoms with van der Waals surface area (Å²) < 4.78 is 20.1. The van der Waals surface area contributed by atoms with Crippen LogP contribution in [0.25, 0.3) is 0 Å². The number of nitrogens with zero attached hydrogens (tertiary/aromatic N) is 2. The fourth-order valence-electron chi connectivity index (χ4n) is 2.66. The van der Waals surface area contributed by atoms with Crippen LogP contribution in [-0.4, -0.2) is 56.3 Å².